The molecular weight excluding hydrogens is 343 g/mol. The van der Waals surface area contributed by atoms with Crippen molar-refractivity contribution >= 4 is 29.1 Å². The maximum atomic E-state index is 14.4. The van der Waals surface area contributed by atoms with E-state index in [1.807, 2.05) is 0 Å². The minimum Gasteiger partial charge on any atom is -0.370 e. The molecule has 1 heterocycles. The number of halogens is 1. The summed E-state index contributed by atoms with van der Waals surface area (Å²) in [6.07, 6.45) is 1.61. The largest absolute Gasteiger partial charge is 0.370 e. The van der Waals surface area contributed by atoms with E-state index in [0.717, 1.165) is 12.8 Å². The van der Waals surface area contributed by atoms with Gasteiger partial charge < -0.3 is 26.0 Å². The van der Waals surface area contributed by atoms with E-state index in [1.165, 1.54) is 17.0 Å². The Labute approximate surface area is 149 Å². The lowest BCUT2D eigenvalue weighted by Gasteiger charge is -2.27. The van der Waals surface area contributed by atoms with Crippen LogP contribution in [0, 0.1) is 11.7 Å². The van der Waals surface area contributed by atoms with Crippen LogP contribution in [0.3, 0.4) is 0 Å². The summed E-state index contributed by atoms with van der Waals surface area (Å²) in [7, 11) is 0. The van der Waals surface area contributed by atoms with E-state index >= 15 is 0 Å². The molecule has 1 aliphatic carbocycles. The maximum Gasteiger partial charge on any atom is 0.253 e. The number of benzene rings is 1. The van der Waals surface area contributed by atoms with Gasteiger partial charge in [-0.2, -0.15) is 0 Å². The zero-order valence-electron chi connectivity index (χ0n) is 14.2. The number of nitrogens with zero attached hydrogens (tertiary/aromatic N) is 1. The fraction of sp³-hybridized carbons (Fsp3) is 0.471. The van der Waals surface area contributed by atoms with E-state index in [4.69, 9.17) is 10.5 Å². The summed E-state index contributed by atoms with van der Waals surface area (Å²) in [6.45, 7) is 0.586. The summed E-state index contributed by atoms with van der Waals surface area (Å²) in [6, 6.07) is 3.17. The maximum absolute atomic E-state index is 14.4. The second-order valence-corrected chi connectivity index (χ2v) is 6.32. The highest BCUT2D eigenvalue weighted by Crippen LogP contribution is 2.29. The second-order valence-electron chi connectivity index (χ2n) is 6.32. The van der Waals surface area contributed by atoms with Crippen molar-refractivity contribution in [3.8, 4) is 0 Å². The number of hydrogen-bond acceptors (Lipinski definition) is 5. The molecule has 1 saturated carbocycles. The number of rotatable bonds is 6. The van der Waals surface area contributed by atoms with Crippen molar-refractivity contribution in [3.05, 3.63) is 24.0 Å². The number of morpholine rings is 1. The zero-order chi connectivity index (χ0) is 18.7. The van der Waals surface area contributed by atoms with Crippen LogP contribution in [0.15, 0.2) is 18.2 Å². The Kier molecular flexibility index (Phi) is 5.48. The molecule has 1 aliphatic heterocycles. The highest BCUT2D eigenvalue weighted by molar-refractivity contribution is 5.99. The normalized spacial score (nSPS) is 18.4. The molecule has 3 rings (SSSR count). The standard InChI is InChI=1S/C17H21FN4O4/c18-12-7-11(22-5-6-26-9-15(22)23)3-4-13(12)20-17(25)14(8-19)21-16(24)10-1-2-10/h3-4,7,10,14H,1-2,5-6,8-9,19H2,(H,20,25)(H,21,24)/t14-/m0/s1. The van der Waals surface area contributed by atoms with Crippen molar-refractivity contribution in [3.63, 3.8) is 0 Å². The Balaban J connectivity index is 1.65. The van der Waals surface area contributed by atoms with Gasteiger partial charge >= 0.3 is 0 Å². The third kappa shape index (κ3) is 4.17. The number of carbonyl (C=O) groups is 3. The number of amides is 3. The first-order chi connectivity index (χ1) is 12.5. The number of hydrogen-bond donors (Lipinski definition) is 3. The van der Waals surface area contributed by atoms with E-state index in [9.17, 15) is 18.8 Å². The topological polar surface area (TPSA) is 114 Å². The molecule has 140 valence electrons. The predicted molar refractivity (Wildman–Crippen MR) is 91.9 cm³/mol. The van der Waals surface area contributed by atoms with E-state index in [1.54, 1.807) is 6.07 Å². The molecule has 1 saturated heterocycles. The predicted octanol–water partition coefficient (Wildman–Crippen LogP) is -0.0191. The number of anilines is 2. The van der Waals surface area contributed by atoms with Crippen LogP contribution in [0.25, 0.3) is 0 Å². The van der Waals surface area contributed by atoms with Gasteiger partial charge in [0, 0.05) is 24.7 Å². The lowest BCUT2D eigenvalue weighted by Crippen LogP contribution is -2.49. The number of ether oxygens (including phenoxy) is 1. The van der Waals surface area contributed by atoms with Crippen molar-refractivity contribution in [2.45, 2.75) is 18.9 Å². The summed E-state index contributed by atoms with van der Waals surface area (Å²) in [5.74, 6) is -1.79. The molecule has 2 aliphatic rings. The Bertz CT molecular complexity index is 723. The minimum absolute atomic E-state index is 0.0427. The van der Waals surface area contributed by atoms with Crippen molar-refractivity contribution in [1.29, 1.82) is 0 Å². The van der Waals surface area contributed by atoms with Gasteiger partial charge in [-0.05, 0) is 31.0 Å². The van der Waals surface area contributed by atoms with Crippen molar-refractivity contribution in [1.82, 2.24) is 5.32 Å². The summed E-state index contributed by atoms with van der Waals surface area (Å²) in [5, 5.41) is 5.00. The Hall–Kier alpha value is -2.52. The molecule has 0 aromatic heterocycles. The Morgan fingerprint density at radius 2 is 2.15 bits per heavy atom. The molecule has 26 heavy (non-hydrogen) atoms. The molecule has 0 spiro atoms. The molecule has 1 aromatic rings. The fourth-order valence-corrected chi connectivity index (χ4v) is 2.65. The molecule has 4 N–H and O–H groups in total. The molecule has 8 nitrogen and oxygen atoms in total. The van der Waals surface area contributed by atoms with Crippen LogP contribution >= 0.6 is 0 Å². The number of nitrogens with one attached hydrogen (secondary N) is 2. The van der Waals surface area contributed by atoms with Gasteiger partial charge in [0.15, 0.2) is 0 Å². The first-order valence-electron chi connectivity index (χ1n) is 8.48. The summed E-state index contributed by atoms with van der Waals surface area (Å²) in [4.78, 5) is 37.3. The third-order valence-corrected chi connectivity index (χ3v) is 4.32. The van der Waals surface area contributed by atoms with E-state index in [2.05, 4.69) is 10.6 Å². The van der Waals surface area contributed by atoms with E-state index < -0.39 is 17.8 Å². The lowest BCUT2D eigenvalue weighted by atomic mass is 10.2. The van der Waals surface area contributed by atoms with Crippen LogP contribution in [0.5, 0.6) is 0 Å². The molecule has 1 atom stereocenters. The van der Waals surface area contributed by atoms with Gasteiger partial charge in [0.2, 0.25) is 11.8 Å². The van der Waals surface area contributed by atoms with Gasteiger partial charge in [-0.3, -0.25) is 14.4 Å². The van der Waals surface area contributed by atoms with Gasteiger partial charge in [0.05, 0.1) is 12.3 Å². The summed E-state index contributed by atoms with van der Waals surface area (Å²) < 4.78 is 19.4. The van der Waals surface area contributed by atoms with Gasteiger partial charge in [0.25, 0.3) is 5.91 Å². The smallest absolute Gasteiger partial charge is 0.253 e. The SMILES string of the molecule is NC[C@H](NC(=O)C1CC1)C(=O)Nc1ccc(N2CCOCC2=O)cc1F. The van der Waals surface area contributed by atoms with Crippen molar-refractivity contribution in [2.24, 2.45) is 11.7 Å². The molecule has 3 amide bonds. The zero-order valence-corrected chi connectivity index (χ0v) is 14.2. The minimum atomic E-state index is -0.928. The van der Waals surface area contributed by atoms with Crippen LogP contribution in [0.1, 0.15) is 12.8 Å². The van der Waals surface area contributed by atoms with Gasteiger partial charge in [-0.25, -0.2) is 4.39 Å². The van der Waals surface area contributed by atoms with Crippen molar-refractivity contribution < 1.29 is 23.5 Å². The van der Waals surface area contributed by atoms with Crippen LogP contribution in [-0.4, -0.2) is 50.1 Å². The average molecular weight is 364 g/mol. The lowest BCUT2D eigenvalue weighted by molar-refractivity contribution is -0.127. The molecule has 0 unspecified atom stereocenters. The van der Waals surface area contributed by atoms with E-state index in [0.29, 0.717) is 18.8 Å². The fourth-order valence-electron chi connectivity index (χ4n) is 2.65. The monoisotopic (exact) mass is 364 g/mol. The summed E-state index contributed by atoms with van der Waals surface area (Å²) in [5.41, 5.74) is 5.90. The quantitative estimate of drug-likeness (QED) is 0.657. The Morgan fingerprint density at radius 3 is 2.77 bits per heavy atom. The van der Waals surface area contributed by atoms with Crippen LogP contribution in [-0.2, 0) is 19.1 Å². The van der Waals surface area contributed by atoms with Crippen molar-refractivity contribution in [2.75, 3.05) is 36.5 Å². The van der Waals surface area contributed by atoms with Gasteiger partial charge in [-0.15, -0.1) is 0 Å². The van der Waals surface area contributed by atoms with Crippen LogP contribution < -0.4 is 21.3 Å². The average Bonchev–Trinajstić information content (AvgIpc) is 3.46. The third-order valence-electron chi connectivity index (χ3n) is 4.32. The van der Waals surface area contributed by atoms with E-state index in [-0.39, 0.29) is 36.6 Å². The molecule has 1 aromatic carbocycles. The molecule has 2 fully saturated rings. The molecule has 9 heteroatoms. The highest BCUT2D eigenvalue weighted by atomic mass is 19.1. The van der Waals surface area contributed by atoms with Gasteiger partial charge in [-0.1, -0.05) is 0 Å². The first-order valence-corrected chi connectivity index (χ1v) is 8.48. The molecular formula is C17H21FN4O4. The van der Waals surface area contributed by atoms with Crippen LogP contribution in [0.4, 0.5) is 15.8 Å². The Morgan fingerprint density at radius 1 is 1.38 bits per heavy atom. The van der Waals surface area contributed by atoms with Crippen LogP contribution in [0.2, 0.25) is 0 Å². The number of nitrogens with two attached hydrogens (primary N) is 1. The van der Waals surface area contributed by atoms with Gasteiger partial charge in [0.1, 0.15) is 18.5 Å². The summed E-state index contributed by atoms with van der Waals surface area (Å²) >= 11 is 0. The molecule has 0 bridgehead atoms. The molecule has 0 radical (unpaired) electrons. The highest BCUT2D eigenvalue weighted by Gasteiger charge is 2.32. The number of carbonyl (C=O) groups excluding carboxylic acids is 3. The first kappa shape index (κ1) is 18.3. The second kappa shape index (κ2) is 7.79.